The van der Waals surface area contributed by atoms with E-state index in [4.69, 9.17) is 0 Å². The lowest BCUT2D eigenvalue weighted by atomic mass is 9.95. The van der Waals surface area contributed by atoms with Crippen molar-refractivity contribution in [1.29, 1.82) is 0 Å². The first-order valence-electron chi connectivity index (χ1n) is 7.00. The van der Waals surface area contributed by atoms with Crippen LogP contribution >= 0.6 is 0 Å². The number of pyridine rings is 1. The van der Waals surface area contributed by atoms with Gasteiger partial charge in [0.15, 0.2) is 6.29 Å². The molecule has 0 saturated carbocycles. The smallest absolute Gasteiger partial charge is 0.312 e. The van der Waals surface area contributed by atoms with Gasteiger partial charge in [-0.05, 0) is 29.3 Å². The number of nitrogens with one attached hydrogen (secondary N) is 1. The molecule has 0 unspecified atom stereocenters. The highest BCUT2D eigenvalue weighted by atomic mass is 16.2. The number of carbonyl (C=O) groups excluding carboxylic acids is 3. The van der Waals surface area contributed by atoms with Crippen LogP contribution in [0.25, 0.3) is 10.9 Å². The molecule has 4 rings (SSSR count). The topological polar surface area (TPSA) is 79.4 Å². The molecule has 0 bridgehead atoms. The zero-order valence-corrected chi connectivity index (χ0v) is 11.9. The molecular weight excluding hydrogens is 282 g/mol. The largest absolute Gasteiger partial charge is 0.324 e. The van der Waals surface area contributed by atoms with Crippen molar-refractivity contribution in [3.05, 3.63) is 41.1 Å². The summed E-state index contributed by atoms with van der Waals surface area (Å²) < 4.78 is 0. The Morgan fingerprint density at radius 3 is 2.59 bits per heavy atom. The first-order chi connectivity index (χ1) is 10.5. The summed E-state index contributed by atoms with van der Waals surface area (Å²) in [5, 5.41) is 3.30. The van der Waals surface area contributed by atoms with E-state index in [1.54, 1.807) is 13.1 Å². The minimum absolute atomic E-state index is 0.248. The molecule has 1 fully saturated rings. The van der Waals surface area contributed by atoms with Crippen molar-refractivity contribution in [2.24, 2.45) is 0 Å². The number of fused-ring (bicyclic) bond motifs is 2. The van der Waals surface area contributed by atoms with Gasteiger partial charge in [0.25, 0.3) is 5.91 Å². The first kappa shape index (κ1) is 12.9. The van der Waals surface area contributed by atoms with Gasteiger partial charge in [0.1, 0.15) is 11.2 Å². The van der Waals surface area contributed by atoms with Crippen LogP contribution in [0.2, 0.25) is 0 Å². The Balaban J connectivity index is 1.84. The number of aldehydes is 1. The SMILES string of the molecule is CN1C(=O)NC(=O)[C@]12Cc1cc3ccc(C=O)nc3cc1C2. The van der Waals surface area contributed by atoms with E-state index in [1.165, 1.54) is 4.90 Å². The molecule has 1 aromatic heterocycles. The molecule has 6 nitrogen and oxygen atoms in total. The minimum atomic E-state index is -0.829. The molecule has 0 radical (unpaired) electrons. The lowest BCUT2D eigenvalue weighted by molar-refractivity contribution is -0.125. The summed E-state index contributed by atoms with van der Waals surface area (Å²) in [7, 11) is 1.65. The third-order valence-electron chi connectivity index (χ3n) is 4.71. The Labute approximate surface area is 126 Å². The van der Waals surface area contributed by atoms with Gasteiger partial charge in [-0.1, -0.05) is 6.07 Å². The van der Waals surface area contributed by atoms with E-state index in [1.807, 2.05) is 18.2 Å². The summed E-state index contributed by atoms with van der Waals surface area (Å²) in [6, 6.07) is 7.07. The number of imide groups is 1. The van der Waals surface area contributed by atoms with Gasteiger partial charge in [0.2, 0.25) is 0 Å². The van der Waals surface area contributed by atoms with E-state index in [-0.39, 0.29) is 11.9 Å². The number of aromatic nitrogens is 1. The van der Waals surface area contributed by atoms with Gasteiger partial charge < -0.3 is 4.90 Å². The van der Waals surface area contributed by atoms with E-state index in [0.717, 1.165) is 22.0 Å². The van der Waals surface area contributed by atoms with Crippen molar-refractivity contribution in [2.45, 2.75) is 18.4 Å². The normalized spacial score (nSPS) is 23.2. The van der Waals surface area contributed by atoms with Gasteiger partial charge in [-0.3, -0.25) is 14.9 Å². The molecule has 1 saturated heterocycles. The summed E-state index contributed by atoms with van der Waals surface area (Å²) in [5.41, 5.74) is 2.33. The fourth-order valence-corrected chi connectivity index (χ4v) is 3.41. The van der Waals surface area contributed by atoms with E-state index in [2.05, 4.69) is 10.3 Å². The maximum Gasteiger partial charge on any atom is 0.324 e. The van der Waals surface area contributed by atoms with Crippen LogP contribution in [0.3, 0.4) is 0 Å². The van der Waals surface area contributed by atoms with E-state index in [9.17, 15) is 14.4 Å². The molecule has 1 N–H and O–H groups in total. The minimum Gasteiger partial charge on any atom is -0.312 e. The maximum atomic E-state index is 12.2. The molecule has 6 heteroatoms. The molecule has 2 aromatic rings. The number of hydrogen-bond donors (Lipinski definition) is 1. The van der Waals surface area contributed by atoms with Crippen LogP contribution in [0.5, 0.6) is 0 Å². The zero-order valence-electron chi connectivity index (χ0n) is 11.9. The van der Waals surface area contributed by atoms with Crippen LogP contribution < -0.4 is 5.32 Å². The van der Waals surface area contributed by atoms with Crippen LogP contribution in [-0.2, 0) is 17.6 Å². The lowest BCUT2D eigenvalue weighted by Gasteiger charge is -2.27. The Kier molecular flexibility index (Phi) is 2.43. The number of likely N-dealkylation sites (N-methyl/N-ethyl adjacent to an activating group) is 1. The van der Waals surface area contributed by atoms with E-state index >= 15 is 0 Å². The number of benzene rings is 1. The standard InChI is InChI=1S/C16H13N3O3/c1-19-15(22)18-14(21)16(19)6-10-4-9-2-3-12(8-20)17-13(9)5-11(10)7-16/h2-5,8H,6-7H2,1H3,(H,18,21,22)/t16-/m1/s1. The fraction of sp³-hybridized carbons (Fsp3) is 0.250. The Morgan fingerprint density at radius 1 is 1.23 bits per heavy atom. The van der Waals surface area contributed by atoms with Gasteiger partial charge >= 0.3 is 6.03 Å². The average molecular weight is 295 g/mol. The second-order valence-electron chi connectivity index (χ2n) is 5.87. The molecule has 1 spiro atoms. The highest BCUT2D eigenvalue weighted by molar-refractivity contribution is 6.07. The zero-order chi connectivity index (χ0) is 15.5. The monoisotopic (exact) mass is 295 g/mol. The molecule has 1 aromatic carbocycles. The quantitative estimate of drug-likeness (QED) is 0.630. The summed E-state index contributed by atoms with van der Waals surface area (Å²) in [4.78, 5) is 40.6. The summed E-state index contributed by atoms with van der Waals surface area (Å²) in [6.07, 6.45) is 1.69. The molecular formula is C16H13N3O3. The number of hydrogen-bond acceptors (Lipinski definition) is 4. The first-order valence-corrected chi connectivity index (χ1v) is 7.00. The predicted molar refractivity (Wildman–Crippen MR) is 78.6 cm³/mol. The van der Waals surface area contributed by atoms with Crippen LogP contribution in [0.1, 0.15) is 21.6 Å². The number of amides is 3. The Morgan fingerprint density at radius 2 is 1.95 bits per heavy atom. The Bertz CT molecular complexity index is 861. The Hall–Kier alpha value is -2.76. The summed E-state index contributed by atoms with van der Waals surface area (Å²) in [5.74, 6) is -0.248. The second kappa shape index (κ2) is 4.13. The molecule has 2 aliphatic rings. The number of rotatable bonds is 1. The fourth-order valence-electron chi connectivity index (χ4n) is 3.41. The van der Waals surface area contributed by atoms with Crippen molar-refractivity contribution in [2.75, 3.05) is 7.05 Å². The third-order valence-corrected chi connectivity index (χ3v) is 4.71. The maximum absolute atomic E-state index is 12.2. The van der Waals surface area contributed by atoms with Crippen LogP contribution in [0, 0.1) is 0 Å². The van der Waals surface area contributed by atoms with Crippen LogP contribution in [-0.4, -0.2) is 40.7 Å². The molecule has 1 atom stereocenters. The average Bonchev–Trinajstić information content (AvgIpc) is 2.98. The molecule has 1 aliphatic carbocycles. The number of nitrogens with zero attached hydrogens (tertiary/aromatic N) is 2. The number of urea groups is 1. The third kappa shape index (κ3) is 1.55. The molecule has 1 aliphatic heterocycles. The van der Waals surface area contributed by atoms with Crippen molar-refractivity contribution >= 4 is 29.1 Å². The molecule has 3 amide bonds. The predicted octanol–water partition coefficient (Wildman–Crippen LogP) is 1.07. The van der Waals surface area contributed by atoms with Gasteiger partial charge in [-0.25, -0.2) is 9.78 Å². The van der Waals surface area contributed by atoms with Crippen molar-refractivity contribution < 1.29 is 14.4 Å². The van der Waals surface area contributed by atoms with Crippen molar-refractivity contribution in [3.8, 4) is 0 Å². The van der Waals surface area contributed by atoms with Crippen molar-refractivity contribution in [3.63, 3.8) is 0 Å². The van der Waals surface area contributed by atoms with E-state index < -0.39 is 5.54 Å². The van der Waals surface area contributed by atoms with Crippen molar-refractivity contribution in [1.82, 2.24) is 15.2 Å². The van der Waals surface area contributed by atoms with Gasteiger partial charge in [0.05, 0.1) is 5.52 Å². The molecule has 110 valence electrons. The van der Waals surface area contributed by atoms with Gasteiger partial charge in [0, 0.05) is 25.3 Å². The summed E-state index contributed by atoms with van der Waals surface area (Å²) >= 11 is 0. The highest BCUT2D eigenvalue weighted by Gasteiger charge is 2.54. The summed E-state index contributed by atoms with van der Waals surface area (Å²) in [6.45, 7) is 0. The van der Waals surface area contributed by atoms with Gasteiger partial charge in [-0.2, -0.15) is 0 Å². The van der Waals surface area contributed by atoms with E-state index in [0.29, 0.717) is 24.8 Å². The second-order valence-corrected chi connectivity index (χ2v) is 5.87. The van der Waals surface area contributed by atoms with Crippen LogP contribution in [0.4, 0.5) is 4.79 Å². The lowest BCUT2D eigenvalue weighted by Crippen LogP contribution is -2.48. The number of carbonyl (C=O) groups is 3. The van der Waals surface area contributed by atoms with Gasteiger partial charge in [-0.15, -0.1) is 0 Å². The molecule has 22 heavy (non-hydrogen) atoms. The molecule has 2 heterocycles. The van der Waals surface area contributed by atoms with Crippen LogP contribution in [0.15, 0.2) is 24.3 Å². The highest BCUT2D eigenvalue weighted by Crippen LogP contribution is 2.38.